The number of para-hydroxylation sites is 2. The molecule has 3 aromatic rings. The minimum absolute atomic E-state index is 0.00460. The Kier molecular flexibility index (Phi) is 5.02. The van der Waals surface area contributed by atoms with Crippen molar-refractivity contribution in [3.63, 3.8) is 0 Å². The average molecular weight is 406 g/mol. The summed E-state index contributed by atoms with van der Waals surface area (Å²) in [5, 5.41) is 2.83. The van der Waals surface area contributed by atoms with Crippen LogP contribution >= 0.6 is 0 Å². The number of nitrogens with zero attached hydrogens (tertiary/aromatic N) is 1. The van der Waals surface area contributed by atoms with E-state index in [1.807, 2.05) is 0 Å². The Balaban J connectivity index is 1.89. The first-order valence-corrected chi connectivity index (χ1v) is 9.05. The monoisotopic (exact) mass is 406 g/mol. The van der Waals surface area contributed by atoms with Gasteiger partial charge in [0.15, 0.2) is 0 Å². The highest BCUT2D eigenvalue weighted by molar-refractivity contribution is 6.46. The van der Waals surface area contributed by atoms with Gasteiger partial charge in [-0.15, -0.1) is 0 Å². The van der Waals surface area contributed by atoms with Gasteiger partial charge in [0.05, 0.1) is 18.4 Å². The lowest BCUT2D eigenvalue weighted by molar-refractivity contribution is -0.120. The van der Waals surface area contributed by atoms with Gasteiger partial charge in [-0.25, -0.2) is 13.7 Å². The van der Waals surface area contributed by atoms with Crippen molar-refractivity contribution < 1.29 is 23.1 Å². The van der Waals surface area contributed by atoms with E-state index in [1.54, 1.807) is 30.3 Å². The van der Waals surface area contributed by atoms with Crippen LogP contribution in [0.25, 0.3) is 5.57 Å². The number of benzene rings is 3. The molecule has 3 aromatic carbocycles. The molecular formula is C23H16F2N2O3. The van der Waals surface area contributed by atoms with Crippen molar-refractivity contribution in [1.29, 1.82) is 0 Å². The minimum Gasteiger partial charge on any atom is -0.496 e. The molecule has 0 fully saturated rings. The minimum atomic E-state index is -0.754. The third kappa shape index (κ3) is 3.30. The van der Waals surface area contributed by atoms with E-state index in [4.69, 9.17) is 4.74 Å². The third-order valence-corrected chi connectivity index (χ3v) is 4.65. The molecule has 0 bridgehead atoms. The molecule has 0 radical (unpaired) electrons. The van der Waals surface area contributed by atoms with Gasteiger partial charge in [-0.3, -0.25) is 9.59 Å². The number of imide groups is 1. The number of anilines is 2. The quantitative estimate of drug-likeness (QED) is 0.640. The van der Waals surface area contributed by atoms with Crippen LogP contribution in [0, 0.1) is 11.6 Å². The van der Waals surface area contributed by atoms with E-state index in [0.717, 1.165) is 11.0 Å². The number of methoxy groups -OCH3 is 1. The molecule has 0 aromatic heterocycles. The molecule has 0 aliphatic carbocycles. The van der Waals surface area contributed by atoms with Crippen LogP contribution in [0.4, 0.5) is 20.2 Å². The van der Waals surface area contributed by atoms with Gasteiger partial charge in [0.1, 0.15) is 23.1 Å². The molecule has 0 saturated heterocycles. The van der Waals surface area contributed by atoms with Crippen LogP contribution in [0.3, 0.4) is 0 Å². The lowest BCUT2D eigenvalue weighted by atomic mass is 10.0. The highest BCUT2D eigenvalue weighted by atomic mass is 19.1. The molecule has 1 aliphatic rings. The van der Waals surface area contributed by atoms with Crippen molar-refractivity contribution in [1.82, 2.24) is 0 Å². The lowest BCUT2D eigenvalue weighted by Gasteiger charge is -2.16. The third-order valence-electron chi connectivity index (χ3n) is 4.65. The molecule has 1 aliphatic heterocycles. The second kappa shape index (κ2) is 7.79. The van der Waals surface area contributed by atoms with E-state index in [1.165, 1.54) is 43.5 Å². The Bertz CT molecular complexity index is 1190. The van der Waals surface area contributed by atoms with Gasteiger partial charge >= 0.3 is 0 Å². The fourth-order valence-corrected chi connectivity index (χ4v) is 3.31. The van der Waals surface area contributed by atoms with E-state index in [0.29, 0.717) is 11.3 Å². The van der Waals surface area contributed by atoms with Crippen molar-refractivity contribution in [2.45, 2.75) is 0 Å². The number of nitrogens with one attached hydrogen (secondary N) is 1. The van der Waals surface area contributed by atoms with Crippen molar-refractivity contribution in [3.8, 4) is 5.75 Å². The van der Waals surface area contributed by atoms with E-state index >= 15 is 0 Å². The molecular weight excluding hydrogens is 390 g/mol. The highest BCUT2D eigenvalue weighted by Gasteiger charge is 2.42. The fraction of sp³-hybridized carbons (Fsp3) is 0.0435. The normalized spacial score (nSPS) is 13.8. The zero-order valence-corrected chi connectivity index (χ0v) is 15.9. The number of hydrogen-bond acceptors (Lipinski definition) is 4. The predicted octanol–water partition coefficient (Wildman–Crippen LogP) is 4.37. The van der Waals surface area contributed by atoms with Crippen LogP contribution in [0.1, 0.15) is 5.56 Å². The van der Waals surface area contributed by atoms with E-state index in [2.05, 4.69) is 5.32 Å². The lowest BCUT2D eigenvalue weighted by Crippen LogP contribution is -2.33. The second-order valence-corrected chi connectivity index (χ2v) is 6.48. The van der Waals surface area contributed by atoms with Crippen LogP contribution in [0.2, 0.25) is 0 Å². The van der Waals surface area contributed by atoms with Crippen LogP contribution < -0.4 is 15.0 Å². The molecule has 150 valence electrons. The van der Waals surface area contributed by atoms with Crippen molar-refractivity contribution in [2.75, 3.05) is 17.3 Å². The highest BCUT2D eigenvalue weighted by Crippen LogP contribution is 2.37. The van der Waals surface area contributed by atoms with Crippen LogP contribution in [-0.4, -0.2) is 18.9 Å². The molecule has 2 amide bonds. The number of carbonyl (C=O) groups is 2. The summed E-state index contributed by atoms with van der Waals surface area (Å²) >= 11 is 0. The number of hydrogen-bond donors (Lipinski definition) is 1. The topological polar surface area (TPSA) is 58.6 Å². The Labute approximate surface area is 171 Å². The number of carbonyl (C=O) groups excluding carboxylic acids is 2. The number of ether oxygens (including phenoxy) is 1. The molecule has 7 heteroatoms. The molecule has 0 atom stereocenters. The zero-order chi connectivity index (χ0) is 21.3. The first-order valence-electron chi connectivity index (χ1n) is 9.05. The molecule has 4 rings (SSSR count). The molecule has 30 heavy (non-hydrogen) atoms. The van der Waals surface area contributed by atoms with Gasteiger partial charge in [-0.1, -0.05) is 36.4 Å². The Morgan fingerprint density at radius 3 is 2.33 bits per heavy atom. The van der Waals surface area contributed by atoms with Gasteiger partial charge < -0.3 is 10.1 Å². The predicted molar refractivity (Wildman–Crippen MR) is 109 cm³/mol. The number of amides is 2. The average Bonchev–Trinajstić information content (AvgIpc) is 2.98. The summed E-state index contributed by atoms with van der Waals surface area (Å²) in [6.07, 6.45) is 0. The number of halogens is 2. The second-order valence-electron chi connectivity index (χ2n) is 6.48. The van der Waals surface area contributed by atoms with Crippen LogP contribution in [-0.2, 0) is 9.59 Å². The van der Waals surface area contributed by atoms with Crippen molar-refractivity contribution in [3.05, 3.63) is 95.7 Å². The summed E-state index contributed by atoms with van der Waals surface area (Å²) < 4.78 is 33.4. The molecule has 0 saturated carbocycles. The summed E-state index contributed by atoms with van der Waals surface area (Å²) in [6, 6.07) is 17.6. The zero-order valence-electron chi connectivity index (χ0n) is 15.9. The Morgan fingerprint density at radius 1 is 0.867 bits per heavy atom. The summed E-state index contributed by atoms with van der Waals surface area (Å²) in [6.45, 7) is 0. The SMILES string of the molecule is COc1ccccc1C1=C(Nc2cccc(F)c2)C(=O)N(c2ccccc2F)C1=O. The van der Waals surface area contributed by atoms with Gasteiger partial charge in [-0.2, -0.15) is 0 Å². The van der Waals surface area contributed by atoms with E-state index < -0.39 is 23.4 Å². The maximum atomic E-state index is 14.4. The van der Waals surface area contributed by atoms with Gasteiger partial charge in [0.25, 0.3) is 11.8 Å². The smallest absolute Gasteiger partial charge is 0.282 e. The maximum Gasteiger partial charge on any atom is 0.282 e. The van der Waals surface area contributed by atoms with E-state index in [-0.39, 0.29) is 22.6 Å². The van der Waals surface area contributed by atoms with Crippen LogP contribution in [0.15, 0.2) is 78.5 Å². The first-order chi connectivity index (χ1) is 14.5. The molecule has 0 unspecified atom stereocenters. The van der Waals surface area contributed by atoms with E-state index in [9.17, 15) is 18.4 Å². The summed E-state index contributed by atoms with van der Waals surface area (Å²) in [5.74, 6) is -2.33. The summed E-state index contributed by atoms with van der Waals surface area (Å²) in [7, 11) is 1.44. The maximum absolute atomic E-state index is 14.4. The Hall–Kier alpha value is -4.00. The van der Waals surface area contributed by atoms with Crippen molar-refractivity contribution >= 4 is 28.8 Å². The first kappa shape index (κ1) is 19.3. The summed E-state index contributed by atoms with van der Waals surface area (Å²) in [5.41, 5.74) is 0.365. The van der Waals surface area contributed by atoms with Crippen LogP contribution in [0.5, 0.6) is 5.75 Å². The van der Waals surface area contributed by atoms with Crippen molar-refractivity contribution in [2.24, 2.45) is 0 Å². The molecule has 0 spiro atoms. The van der Waals surface area contributed by atoms with Gasteiger partial charge in [0.2, 0.25) is 0 Å². The fourth-order valence-electron chi connectivity index (χ4n) is 3.31. The standard InChI is InChI=1S/C23H16F2N2O3/c1-30-19-12-5-2-9-16(19)20-21(26-15-8-6-7-14(24)13-15)23(29)27(22(20)28)18-11-4-3-10-17(18)25/h2-13,26H,1H3. The molecule has 5 nitrogen and oxygen atoms in total. The number of rotatable bonds is 5. The largest absolute Gasteiger partial charge is 0.496 e. The summed E-state index contributed by atoms with van der Waals surface area (Å²) in [4.78, 5) is 27.3. The van der Waals surface area contributed by atoms with Gasteiger partial charge in [0, 0.05) is 11.3 Å². The van der Waals surface area contributed by atoms with Gasteiger partial charge in [-0.05, 0) is 36.4 Å². The molecule has 1 heterocycles. The molecule has 1 N–H and O–H groups in total. The Morgan fingerprint density at radius 2 is 1.60 bits per heavy atom.